The Morgan fingerprint density at radius 2 is 1.88 bits per heavy atom. The Hall–Kier alpha value is -1.45. The van der Waals surface area contributed by atoms with E-state index in [2.05, 4.69) is 15.9 Å². The molecule has 0 atom stereocenters. The van der Waals surface area contributed by atoms with Crippen molar-refractivity contribution < 1.29 is 25.1 Å². The Balaban J connectivity index is 2.14. The van der Waals surface area contributed by atoms with Crippen LogP contribution in [0.5, 0.6) is 0 Å². The molecule has 0 aromatic heterocycles. The first-order valence-corrected chi connectivity index (χ1v) is 8.84. The van der Waals surface area contributed by atoms with Crippen LogP contribution in [0.2, 0.25) is 0 Å². The van der Waals surface area contributed by atoms with Crippen LogP contribution in [0, 0.1) is 13.8 Å². The largest absolute Gasteiger partial charge is 0.509 e. The van der Waals surface area contributed by atoms with Crippen LogP contribution in [0.15, 0.2) is 22.4 Å². The van der Waals surface area contributed by atoms with Crippen LogP contribution >= 0.6 is 15.9 Å². The number of halogens is 1. The van der Waals surface area contributed by atoms with E-state index >= 15 is 0 Å². The Labute approximate surface area is 154 Å². The minimum atomic E-state index is -1.07. The second-order valence-electron chi connectivity index (χ2n) is 6.48. The molecule has 1 saturated heterocycles. The number of hydrogen-bond donors (Lipinski definition) is 3. The maximum Gasteiger partial charge on any atom is 0.282 e. The average Bonchev–Trinajstić information content (AvgIpc) is 2.76. The fraction of sp³-hybridized carbons (Fsp3) is 0.471. The molecule has 0 unspecified atom stereocenters. The zero-order valence-corrected chi connectivity index (χ0v) is 15.7. The zero-order valence-electron chi connectivity index (χ0n) is 14.1. The zero-order chi connectivity index (χ0) is 18.4. The molecule has 1 amide bonds. The number of carbonyl (C=O) groups is 1. The van der Waals surface area contributed by atoms with Crippen molar-refractivity contribution in [2.24, 2.45) is 0 Å². The molecule has 2 heterocycles. The number of amides is 1. The highest BCUT2D eigenvalue weighted by Crippen LogP contribution is 2.46. The molecule has 1 spiro atoms. The van der Waals surface area contributed by atoms with E-state index in [4.69, 9.17) is 4.84 Å². The van der Waals surface area contributed by atoms with Gasteiger partial charge in [0.2, 0.25) is 0 Å². The van der Waals surface area contributed by atoms with Gasteiger partial charge in [0.25, 0.3) is 5.91 Å². The molecule has 7 nitrogen and oxygen atoms in total. The average molecular weight is 413 g/mol. The van der Waals surface area contributed by atoms with E-state index in [0.29, 0.717) is 18.4 Å². The van der Waals surface area contributed by atoms with Gasteiger partial charge in [-0.3, -0.25) is 4.79 Å². The highest BCUT2D eigenvalue weighted by molar-refractivity contribution is 9.10. The molecule has 0 bridgehead atoms. The van der Waals surface area contributed by atoms with E-state index in [1.807, 2.05) is 26.0 Å². The summed E-state index contributed by atoms with van der Waals surface area (Å²) in [5.41, 5.74) is 1.61. The SMILES string of the molecule is Cc1cc(C)c(C2=C(O)C3(CCN(O)CC3)N(OCO)C2=O)cc1Br. The summed E-state index contributed by atoms with van der Waals surface area (Å²) in [7, 11) is 0. The van der Waals surface area contributed by atoms with Crippen molar-refractivity contribution >= 4 is 27.4 Å². The first-order valence-electron chi connectivity index (χ1n) is 8.05. The Bertz CT molecular complexity index is 741. The molecule has 0 saturated carbocycles. The van der Waals surface area contributed by atoms with Gasteiger partial charge in [-0.1, -0.05) is 22.0 Å². The second-order valence-corrected chi connectivity index (χ2v) is 7.34. The molecule has 0 radical (unpaired) electrons. The summed E-state index contributed by atoms with van der Waals surface area (Å²) < 4.78 is 0.835. The fourth-order valence-electron chi connectivity index (χ4n) is 3.61. The van der Waals surface area contributed by atoms with Gasteiger partial charge >= 0.3 is 0 Å². The van der Waals surface area contributed by atoms with E-state index < -0.39 is 18.2 Å². The molecule has 0 aliphatic carbocycles. The van der Waals surface area contributed by atoms with Crippen LogP contribution in [-0.4, -0.2) is 56.9 Å². The summed E-state index contributed by atoms with van der Waals surface area (Å²) in [5, 5.41) is 32.1. The molecule has 3 N–H and O–H groups in total. The Morgan fingerprint density at radius 3 is 2.48 bits per heavy atom. The lowest BCUT2D eigenvalue weighted by atomic mass is 9.85. The standard InChI is InChI=1S/C17H21BrN2O5/c1-10-7-11(2)13(18)8-12(10)14-15(22)17(3-5-19(24)6-4-17)20(16(14)23)25-9-21/h7-8,21-22,24H,3-6,9H2,1-2H3. The molecule has 3 rings (SSSR count). The third-order valence-corrected chi connectivity index (χ3v) is 5.85. The van der Waals surface area contributed by atoms with E-state index in [1.54, 1.807) is 0 Å². The number of nitrogens with zero attached hydrogens (tertiary/aromatic N) is 2. The first-order chi connectivity index (χ1) is 11.8. The smallest absolute Gasteiger partial charge is 0.282 e. The second kappa shape index (κ2) is 6.69. The van der Waals surface area contributed by atoms with Crippen molar-refractivity contribution in [1.82, 2.24) is 10.1 Å². The minimum Gasteiger partial charge on any atom is -0.509 e. The van der Waals surface area contributed by atoms with Crippen LogP contribution in [0.25, 0.3) is 5.57 Å². The van der Waals surface area contributed by atoms with Crippen LogP contribution in [0.3, 0.4) is 0 Å². The van der Waals surface area contributed by atoms with Crippen LogP contribution in [-0.2, 0) is 9.63 Å². The number of aryl methyl sites for hydroxylation is 2. The van der Waals surface area contributed by atoms with Crippen molar-refractivity contribution in [2.75, 3.05) is 19.9 Å². The summed E-state index contributed by atoms with van der Waals surface area (Å²) in [6.45, 7) is 3.72. The van der Waals surface area contributed by atoms with Gasteiger partial charge in [0.15, 0.2) is 6.79 Å². The number of benzene rings is 1. The number of rotatable bonds is 3. The molecular weight excluding hydrogens is 392 g/mol. The van der Waals surface area contributed by atoms with Gasteiger partial charge in [0, 0.05) is 17.6 Å². The molecule has 1 aromatic carbocycles. The molecule has 2 aliphatic heterocycles. The lowest BCUT2D eigenvalue weighted by Crippen LogP contribution is -2.54. The van der Waals surface area contributed by atoms with Crippen molar-refractivity contribution in [2.45, 2.75) is 32.2 Å². The number of hydroxylamine groups is 4. The van der Waals surface area contributed by atoms with Crippen LogP contribution in [0.4, 0.5) is 0 Å². The normalized spacial score (nSPS) is 20.8. The molecule has 8 heteroatoms. The monoisotopic (exact) mass is 412 g/mol. The highest BCUT2D eigenvalue weighted by Gasteiger charge is 2.55. The van der Waals surface area contributed by atoms with Crippen LogP contribution < -0.4 is 0 Å². The van der Waals surface area contributed by atoms with Crippen molar-refractivity contribution in [3.05, 3.63) is 39.1 Å². The molecule has 1 aromatic rings. The number of piperidine rings is 1. The van der Waals surface area contributed by atoms with E-state index in [0.717, 1.165) is 25.7 Å². The summed E-state index contributed by atoms with van der Waals surface area (Å²) >= 11 is 3.47. The lowest BCUT2D eigenvalue weighted by molar-refractivity contribution is -0.253. The topological polar surface area (TPSA) is 93.5 Å². The van der Waals surface area contributed by atoms with Gasteiger partial charge < -0.3 is 15.4 Å². The van der Waals surface area contributed by atoms with Gasteiger partial charge in [0.05, 0.1) is 5.57 Å². The summed E-state index contributed by atoms with van der Waals surface area (Å²) in [6.07, 6.45) is 0.604. The van der Waals surface area contributed by atoms with E-state index in [1.165, 1.54) is 0 Å². The number of aliphatic hydroxyl groups is 2. The number of carbonyl (C=O) groups excluding carboxylic acids is 1. The highest BCUT2D eigenvalue weighted by atomic mass is 79.9. The molecule has 136 valence electrons. The summed E-state index contributed by atoms with van der Waals surface area (Å²) in [6, 6.07) is 3.75. The maximum atomic E-state index is 13.0. The van der Waals surface area contributed by atoms with Crippen molar-refractivity contribution in [1.29, 1.82) is 0 Å². The Kier molecular flexibility index (Phi) is 4.91. The quantitative estimate of drug-likeness (QED) is 0.659. The predicted molar refractivity (Wildman–Crippen MR) is 93.5 cm³/mol. The summed E-state index contributed by atoms with van der Waals surface area (Å²) in [5.74, 6) is -0.560. The first kappa shape index (κ1) is 18.3. The third kappa shape index (κ3) is 2.88. The lowest BCUT2D eigenvalue weighted by Gasteiger charge is -2.41. The molecular formula is C17H21BrN2O5. The minimum absolute atomic E-state index is 0.0714. The van der Waals surface area contributed by atoms with Crippen molar-refractivity contribution in [3.8, 4) is 0 Å². The molecule has 2 aliphatic rings. The molecule has 25 heavy (non-hydrogen) atoms. The van der Waals surface area contributed by atoms with Gasteiger partial charge in [0.1, 0.15) is 11.3 Å². The fourth-order valence-corrected chi connectivity index (χ4v) is 3.95. The van der Waals surface area contributed by atoms with Gasteiger partial charge in [-0.05, 0) is 49.4 Å². The maximum absolute atomic E-state index is 13.0. The predicted octanol–water partition coefficient (Wildman–Crippen LogP) is 2.28. The van der Waals surface area contributed by atoms with Crippen LogP contribution in [0.1, 0.15) is 29.5 Å². The third-order valence-electron chi connectivity index (χ3n) is 4.99. The van der Waals surface area contributed by atoms with E-state index in [-0.39, 0.29) is 24.4 Å². The number of hydrogen-bond acceptors (Lipinski definition) is 6. The van der Waals surface area contributed by atoms with Gasteiger partial charge in [-0.15, -0.1) is 0 Å². The Morgan fingerprint density at radius 1 is 1.24 bits per heavy atom. The molecule has 1 fully saturated rings. The van der Waals surface area contributed by atoms with Gasteiger partial charge in [-0.2, -0.15) is 5.06 Å². The van der Waals surface area contributed by atoms with Crippen molar-refractivity contribution in [3.63, 3.8) is 0 Å². The van der Waals surface area contributed by atoms with E-state index in [9.17, 15) is 20.2 Å². The summed E-state index contributed by atoms with van der Waals surface area (Å²) in [4.78, 5) is 18.2. The van der Waals surface area contributed by atoms with Gasteiger partial charge in [-0.25, -0.2) is 9.90 Å². The number of aliphatic hydroxyl groups excluding tert-OH is 2.